The van der Waals surface area contributed by atoms with Gasteiger partial charge in [0.2, 0.25) is 0 Å². The van der Waals surface area contributed by atoms with Gasteiger partial charge >= 0.3 is 0 Å². The number of amides is 1. The molecule has 1 aromatic carbocycles. The van der Waals surface area contributed by atoms with Crippen LogP contribution in [0.4, 0.5) is 11.4 Å². The minimum absolute atomic E-state index is 0.268. The lowest BCUT2D eigenvalue weighted by Gasteiger charge is -2.16. The van der Waals surface area contributed by atoms with Crippen molar-refractivity contribution < 1.29 is 10.0 Å². The Balaban J connectivity index is 2.22. The van der Waals surface area contributed by atoms with Crippen molar-refractivity contribution in [2.75, 3.05) is 17.3 Å². The third kappa shape index (κ3) is 2.24. The number of nitrogens with one attached hydrogen (secondary N) is 2. The standard InChI is InChI=1S/C12H15N3O2/c1-8-13-10-7-9(4-6-12(16)14-17)3-5-11(10)15(8)2/h3-8,13,17H,1-2H3,(H,14,16). The first-order valence-electron chi connectivity index (χ1n) is 5.37. The minimum Gasteiger partial charge on any atom is -0.364 e. The molecule has 0 saturated heterocycles. The van der Waals surface area contributed by atoms with Gasteiger partial charge < -0.3 is 10.2 Å². The summed E-state index contributed by atoms with van der Waals surface area (Å²) in [6.07, 6.45) is 3.20. The van der Waals surface area contributed by atoms with Crippen LogP contribution in [0.5, 0.6) is 0 Å². The Kier molecular flexibility index (Phi) is 3.01. The SMILES string of the molecule is CC1Nc2cc(C=CC(=O)NO)ccc2N1C. The van der Waals surface area contributed by atoms with E-state index in [2.05, 4.69) is 17.1 Å². The highest BCUT2D eigenvalue weighted by Gasteiger charge is 2.21. The fraction of sp³-hybridized carbons (Fsp3) is 0.250. The van der Waals surface area contributed by atoms with Crippen molar-refractivity contribution in [3.05, 3.63) is 29.8 Å². The summed E-state index contributed by atoms with van der Waals surface area (Å²) in [4.78, 5) is 13.0. The van der Waals surface area contributed by atoms with Gasteiger partial charge in [0.15, 0.2) is 0 Å². The maximum Gasteiger partial charge on any atom is 0.267 e. The number of hydroxylamine groups is 1. The molecule has 1 aliphatic heterocycles. The van der Waals surface area contributed by atoms with Gasteiger partial charge in [0.1, 0.15) is 0 Å². The van der Waals surface area contributed by atoms with Crippen LogP contribution in [0.3, 0.4) is 0 Å². The van der Waals surface area contributed by atoms with Crippen molar-refractivity contribution in [2.24, 2.45) is 0 Å². The van der Waals surface area contributed by atoms with Crippen LogP contribution >= 0.6 is 0 Å². The van der Waals surface area contributed by atoms with Crippen molar-refractivity contribution in [2.45, 2.75) is 13.1 Å². The Hall–Kier alpha value is -2.01. The highest BCUT2D eigenvalue weighted by molar-refractivity contribution is 5.91. The Labute approximate surface area is 99.7 Å². The van der Waals surface area contributed by atoms with Gasteiger partial charge in [0, 0.05) is 13.1 Å². The van der Waals surface area contributed by atoms with Crippen LogP contribution in [-0.2, 0) is 4.79 Å². The molecular weight excluding hydrogens is 218 g/mol. The van der Waals surface area contributed by atoms with Crippen LogP contribution in [0.15, 0.2) is 24.3 Å². The second-order valence-corrected chi connectivity index (χ2v) is 4.02. The lowest BCUT2D eigenvalue weighted by molar-refractivity contribution is -0.124. The Morgan fingerprint density at radius 3 is 3.06 bits per heavy atom. The molecule has 1 aliphatic rings. The number of benzene rings is 1. The smallest absolute Gasteiger partial charge is 0.267 e. The molecule has 0 aromatic heterocycles. The zero-order chi connectivity index (χ0) is 12.4. The molecule has 0 aliphatic carbocycles. The Morgan fingerprint density at radius 2 is 2.35 bits per heavy atom. The predicted octanol–water partition coefficient (Wildman–Crippen LogP) is 1.41. The second kappa shape index (κ2) is 4.47. The lowest BCUT2D eigenvalue weighted by atomic mass is 10.1. The molecule has 0 radical (unpaired) electrons. The first kappa shape index (κ1) is 11.5. The van der Waals surface area contributed by atoms with Gasteiger partial charge in [0.25, 0.3) is 5.91 Å². The summed E-state index contributed by atoms with van der Waals surface area (Å²) in [5.41, 5.74) is 4.64. The molecule has 0 bridgehead atoms. The molecule has 1 atom stereocenters. The molecule has 1 heterocycles. The van der Waals surface area contributed by atoms with Crippen LogP contribution in [-0.4, -0.2) is 24.3 Å². The third-order valence-corrected chi connectivity index (χ3v) is 2.88. The van der Waals surface area contributed by atoms with Gasteiger partial charge in [-0.15, -0.1) is 0 Å². The van der Waals surface area contributed by atoms with E-state index in [1.165, 1.54) is 6.08 Å². The molecule has 0 spiro atoms. The van der Waals surface area contributed by atoms with E-state index in [1.54, 1.807) is 11.6 Å². The highest BCUT2D eigenvalue weighted by Crippen LogP contribution is 2.34. The van der Waals surface area contributed by atoms with Gasteiger partial charge in [-0.1, -0.05) is 6.07 Å². The minimum atomic E-state index is -0.538. The first-order valence-corrected chi connectivity index (χ1v) is 5.37. The van der Waals surface area contributed by atoms with E-state index in [4.69, 9.17) is 5.21 Å². The predicted molar refractivity (Wildman–Crippen MR) is 66.9 cm³/mol. The number of nitrogens with zero attached hydrogens (tertiary/aromatic N) is 1. The fourth-order valence-corrected chi connectivity index (χ4v) is 1.82. The van der Waals surface area contributed by atoms with Crippen molar-refractivity contribution in [1.29, 1.82) is 0 Å². The number of hydrogen-bond acceptors (Lipinski definition) is 4. The van der Waals surface area contributed by atoms with Crippen molar-refractivity contribution in [1.82, 2.24) is 5.48 Å². The highest BCUT2D eigenvalue weighted by atomic mass is 16.5. The zero-order valence-electron chi connectivity index (χ0n) is 9.77. The molecular formula is C12H15N3O2. The van der Waals surface area contributed by atoms with Gasteiger partial charge in [-0.3, -0.25) is 10.0 Å². The average Bonchev–Trinajstić information content (AvgIpc) is 2.62. The summed E-state index contributed by atoms with van der Waals surface area (Å²) >= 11 is 0. The van der Waals surface area contributed by atoms with Crippen molar-refractivity contribution >= 4 is 23.4 Å². The summed E-state index contributed by atoms with van der Waals surface area (Å²) in [5.74, 6) is -0.538. The maximum atomic E-state index is 10.9. The molecule has 3 N–H and O–H groups in total. The number of rotatable bonds is 2. The van der Waals surface area contributed by atoms with Gasteiger partial charge in [0.05, 0.1) is 17.5 Å². The van der Waals surface area contributed by atoms with Crippen LogP contribution in [0.25, 0.3) is 6.08 Å². The second-order valence-electron chi connectivity index (χ2n) is 4.02. The molecule has 1 unspecified atom stereocenters. The topological polar surface area (TPSA) is 64.6 Å². The third-order valence-electron chi connectivity index (χ3n) is 2.88. The molecule has 5 nitrogen and oxygen atoms in total. The van der Waals surface area contributed by atoms with Gasteiger partial charge in [-0.25, -0.2) is 5.48 Å². The molecule has 0 saturated carbocycles. The van der Waals surface area contributed by atoms with Gasteiger partial charge in [-0.2, -0.15) is 0 Å². The van der Waals surface area contributed by atoms with Crippen molar-refractivity contribution in [3.63, 3.8) is 0 Å². The van der Waals surface area contributed by atoms with E-state index in [-0.39, 0.29) is 6.17 Å². The summed E-state index contributed by atoms with van der Waals surface area (Å²) < 4.78 is 0. The Morgan fingerprint density at radius 1 is 1.59 bits per heavy atom. The van der Waals surface area contributed by atoms with Crippen LogP contribution in [0, 0.1) is 0 Å². The summed E-state index contributed by atoms with van der Waals surface area (Å²) in [5, 5.41) is 11.7. The fourth-order valence-electron chi connectivity index (χ4n) is 1.82. The molecule has 2 rings (SSSR count). The number of carbonyl (C=O) groups excluding carboxylic acids is 1. The number of anilines is 2. The van der Waals surface area contributed by atoms with Gasteiger partial charge in [-0.05, 0) is 30.7 Å². The van der Waals surface area contributed by atoms with E-state index in [1.807, 2.05) is 25.2 Å². The molecule has 90 valence electrons. The lowest BCUT2D eigenvalue weighted by Crippen LogP contribution is -2.28. The van der Waals surface area contributed by atoms with E-state index in [0.717, 1.165) is 16.9 Å². The van der Waals surface area contributed by atoms with Crippen LogP contribution in [0.2, 0.25) is 0 Å². The van der Waals surface area contributed by atoms with Crippen LogP contribution < -0.4 is 15.7 Å². The summed E-state index contributed by atoms with van der Waals surface area (Å²) in [6, 6.07) is 5.90. The number of hydrogen-bond donors (Lipinski definition) is 3. The average molecular weight is 233 g/mol. The zero-order valence-corrected chi connectivity index (χ0v) is 9.77. The molecule has 17 heavy (non-hydrogen) atoms. The van der Waals surface area contributed by atoms with E-state index in [9.17, 15) is 4.79 Å². The largest absolute Gasteiger partial charge is 0.364 e. The molecule has 5 heteroatoms. The summed E-state index contributed by atoms with van der Waals surface area (Å²) in [7, 11) is 2.03. The molecule has 0 fully saturated rings. The first-order chi connectivity index (χ1) is 8.11. The normalized spacial score (nSPS) is 18.1. The van der Waals surface area contributed by atoms with Crippen molar-refractivity contribution in [3.8, 4) is 0 Å². The maximum absolute atomic E-state index is 10.9. The quantitative estimate of drug-likeness (QED) is 0.410. The van der Waals surface area contributed by atoms with E-state index >= 15 is 0 Å². The van der Waals surface area contributed by atoms with E-state index < -0.39 is 5.91 Å². The number of carbonyl (C=O) groups is 1. The monoisotopic (exact) mass is 233 g/mol. The molecule has 1 amide bonds. The van der Waals surface area contributed by atoms with E-state index in [0.29, 0.717) is 0 Å². The number of fused-ring (bicyclic) bond motifs is 1. The summed E-state index contributed by atoms with van der Waals surface area (Å²) in [6.45, 7) is 2.08. The van der Waals surface area contributed by atoms with Crippen LogP contribution in [0.1, 0.15) is 12.5 Å². The Bertz CT molecular complexity index is 471. The molecule has 1 aromatic rings.